The SMILES string of the molecule is CCOC(=O)c1cc2cc(NC(=O)c3cnc(-c4ccccc4)nc3)ccc2s1. The first kappa shape index (κ1) is 18.8. The summed E-state index contributed by atoms with van der Waals surface area (Å²) in [5.74, 6) is -0.0758. The lowest BCUT2D eigenvalue weighted by Gasteiger charge is -2.06. The maximum atomic E-state index is 12.5. The van der Waals surface area contributed by atoms with Gasteiger partial charge in [-0.15, -0.1) is 11.3 Å². The molecule has 0 aliphatic carbocycles. The fraction of sp³-hybridized carbons (Fsp3) is 0.0909. The number of amides is 1. The first-order chi connectivity index (χ1) is 14.1. The first-order valence-corrected chi connectivity index (χ1v) is 9.85. The van der Waals surface area contributed by atoms with Crippen molar-refractivity contribution in [3.8, 4) is 11.4 Å². The Balaban J connectivity index is 1.50. The highest BCUT2D eigenvalue weighted by Crippen LogP contribution is 2.29. The Morgan fingerprint density at radius 2 is 1.79 bits per heavy atom. The van der Waals surface area contributed by atoms with Crippen LogP contribution in [0.25, 0.3) is 21.5 Å². The predicted octanol–water partition coefficient (Wildman–Crippen LogP) is 4.79. The molecular weight excluding hydrogens is 386 g/mol. The summed E-state index contributed by atoms with van der Waals surface area (Å²) < 4.78 is 5.99. The highest BCUT2D eigenvalue weighted by molar-refractivity contribution is 7.20. The number of hydrogen-bond acceptors (Lipinski definition) is 6. The van der Waals surface area contributed by atoms with E-state index >= 15 is 0 Å². The predicted molar refractivity (Wildman–Crippen MR) is 113 cm³/mol. The van der Waals surface area contributed by atoms with Crippen molar-refractivity contribution in [3.63, 3.8) is 0 Å². The number of benzene rings is 2. The van der Waals surface area contributed by atoms with Crippen LogP contribution >= 0.6 is 11.3 Å². The molecule has 1 N–H and O–H groups in total. The van der Waals surface area contributed by atoms with Crippen LogP contribution in [0, 0.1) is 0 Å². The molecule has 0 saturated carbocycles. The molecule has 0 bridgehead atoms. The molecule has 4 aromatic rings. The lowest BCUT2D eigenvalue weighted by atomic mass is 10.2. The van der Waals surface area contributed by atoms with Crippen molar-refractivity contribution in [2.75, 3.05) is 11.9 Å². The maximum Gasteiger partial charge on any atom is 0.348 e. The Bertz CT molecular complexity index is 1170. The van der Waals surface area contributed by atoms with Gasteiger partial charge in [0.05, 0.1) is 12.2 Å². The molecule has 0 radical (unpaired) electrons. The summed E-state index contributed by atoms with van der Waals surface area (Å²) in [5.41, 5.74) is 1.88. The van der Waals surface area contributed by atoms with E-state index in [-0.39, 0.29) is 11.9 Å². The molecule has 0 aliphatic heterocycles. The largest absolute Gasteiger partial charge is 0.462 e. The Morgan fingerprint density at radius 1 is 1.03 bits per heavy atom. The topological polar surface area (TPSA) is 81.2 Å². The first-order valence-electron chi connectivity index (χ1n) is 9.03. The molecule has 144 valence electrons. The van der Waals surface area contributed by atoms with Crippen LogP contribution in [0.5, 0.6) is 0 Å². The quantitative estimate of drug-likeness (QED) is 0.485. The number of hydrogen-bond donors (Lipinski definition) is 1. The summed E-state index contributed by atoms with van der Waals surface area (Å²) in [4.78, 5) is 33.5. The van der Waals surface area contributed by atoms with Gasteiger partial charge < -0.3 is 10.1 Å². The Morgan fingerprint density at radius 3 is 2.52 bits per heavy atom. The van der Waals surface area contributed by atoms with Crippen LogP contribution < -0.4 is 5.32 Å². The monoisotopic (exact) mass is 403 g/mol. The highest BCUT2D eigenvalue weighted by Gasteiger charge is 2.13. The number of rotatable bonds is 5. The number of carbonyl (C=O) groups excluding carboxylic acids is 2. The molecule has 2 heterocycles. The molecule has 0 fully saturated rings. The molecular formula is C22H17N3O3S. The van der Waals surface area contributed by atoms with Gasteiger partial charge in [-0.25, -0.2) is 14.8 Å². The van der Waals surface area contributed by atoms with Crippen LogP contribution in [0.15, 0.2) is 67.0 Å². The minimum atomic E-state index is -0.338. The van der Waals surface area contributed by atoms with Gasteiger partial charge in [0.25, 0.3) is 5.91 Å². The molecule has 7 heteroatoms. The van der Waals surface area contributed by atoms with E-state index in [1.807, 2.05) is 42.5 Å². The van der Waals surface area contributed by atoms with E-state index in [1.165, 1.54) is 23.7 Å². The summed E-state index contributed by atoms with van der Waals surface area (Å²) in [7, 11) is 0. The molecule has 0 unspecified atom stereocenters. The van der Waals surface area contributed by atoms with Crippen LogP contribution in [-0.2, 0) is 4.74 Å². The van der Waals surface area contributed by atoms with Crippen molar-refractivity contribution in [1.29, 1.82) is 0 Å². The third kappa shape index (κ3) is 4.14. The number of aromatic nitrogens is 2. The number of fused-ring (bicyclic) bond motifs is 1. The molecule has 0 saturated heterocycles. The van der Waals surface area contributed by atoms with Gasteiger partial charge in [0.1, 0.15) is 4.88 Å². The summed E-state index contributed by atoms with van der Waals surface area (Å²) in [6, 6.07) is 16.8. The third-order valence-electron chi connectivity index (χ3n) is 4.20. The van der Waals surface area contributed by atoms with Crippen LogP contribution in [0.2, 0.25) is 0 Å². The number of thiophene rings is 1. The van der Waals surface area contributed by atoms with Crippen LogP contribution in [0.1, 0.15) is 27.0 Å². The summed E-state index contributed by atoms with van der Waals surface area (Å²) in [6.45, 7) is 2.11. The number of carbonyl (C=O) groups is 2. The van der Waals surface area contributed by atoms with E-state index in [1.54, 1.807) is 19.1 Å². The zero-order valence-electron chi connectivity index (χ0n) is 15.6. The van der Waals surface area contributed by atoms with Crippen LogP contribution in [0.4, 0.5) is 5.69 Å². The molecule has 6 nitrogen and oxygen atoms in total. The second-order valence-corrected chi connectivity index (χ2v) is 7.28. The van der Waals surface area contributed by atoms with Gasteiger partial charge in [0, 0.05) is 28.3 Å². The average molecular weight is 403 g/mol. The van der Waals surface area contributed by atoms with Crippen molar-refractivity contribution >= 4 is 39.0 Å². The Labute approximate surface area is 171 Å². The molecule has 1 amide bonds. The van der Waals surface area contributed by atoms with Gasteiger partial charge in [-0.05, 0) is 36.6 Å². The number of nitrogens with one attached hydrogen (secondary N) is 1. The fourth-order valence-corrected chi connectivity index (χ4v) is 3.75. The second kappa shape index (κ2) is 8.20. The minimum absolute atomic E-state index is 0.301. The van der Waals surface area contributed by atoms with E-state index < -0.39 is 0 Å². The normalized spacial score (nSPS) is 10.7. The Kier molecular flexibility index (Phi) is 5.31. The van der Waals surface area contributed by atoms with Gasteiger partial charge in [-0.2, -0.15) is 0 Å². The summed E-state index contributed by atoms with van der Waals surface area (Å²) >= 11 is 1.36. The third-order valence-corrected chi connectivity index (χ3v) is 5.29. The number of anilines is 1. The highest BCUT2D eigenvalue weighted by atomic mass is 32.1. The van der Waals surface area contributed by atoms with Crippen molar-refractivity contribution < 1.29 is 14.3 Å². The van der Waals surface area contributed by atoms with Crippen molar-refractivity contribution in [2.45, 2.75) is 6.92 Å². The standard InChI is InChI=1S/C22H17N3O3S/c1-2-28-22(27)19-11-15-10-17(8-9-18(15)29-19)25-21(26)16-12-23-20(24-13-16)14-6-4-3-5-7-14/h3-13H,2H2,1H3,(H,25,26). The van der Waals surface area contributed by atoms with Crippen LogP contribution in [0.3, 0.4) is 0 Å². The van der Waals surface area contributed by atoms with Gasteiger partial charge in [-0.3, -0.25) is 4.79 Å². The van der Waals surface area contributed by atoms with E-state index in [9.17, 15) is 9.59 Å². The van der Waals surface area contributed by atoms with Crippen molar-refractivity contribution in [2.24, 2.45) is 0 Å². The van der Waals surface area contributed by atoms with E-state index in [4.69, 9.17) is 4.74 Å². The number of nitrogens with zero attached hydrogens (tertiary/aromatic N) is 2. The molecule has 29 heavy (non-hydrogen) atoms. The second-order valence-electron chi connectivity index (χ2n) is 6.20. The molecule has 2 aromatic heterocycles. The lowest BCUT2D eigenvalue weighted by Crippen LogP contribution is -2.12. The lowest BCUT2D eigenvalue weighted by molar-refractivity contribution is 0.0532. The van der Waals surface area contributed by atoms with E-state index in [0.29, 0.717) is 28.6 Å². The minimum Gasteiger partial charge on any atom is -0.462 e. The van der Waals surface area contributed by atoms with Crippen LogP contribution in [-0.4, -0.2) is 28.5 Å². The molecule has 0 spiro atoms. The van der Waals surface area contributed by atoms with E-state index in [2.05, 4.69) is 15.3 Å². The van der Waals surface area contributed by atoms with Gasteiger partial charge in [0.2, 0.25) is 0 Å². The number of esters is 1. The zero-order chi connectivity index (χ0) is 20.2. The van der Waals surface area contributed by atoms with Crippen molar-refractivity contribution in [1.82, 2.24) is 9.97 Å². The number of ether oxygens (including phenoxy) is 1. The van der Waals surface area contributed by atoms with Crippen molar-refractivity contribution in [3.05, 3.63) is 77.4 Å². The fourth-order valence-electron chi connectivity index (χ4n) is 2.81. The van der Waals surface area contributed by atoms with E-state index in [0.717, 1.165) is 15.6 Å². The zero-order valence-corrected chi connectivity index (χ0v) is 16.4. The van der Waals surface area contributed by atoms with Gasteiger partial charge in [-0.1, -0.05) is 30.3 Å². The van der Waals surface area contributed by atoms with Gasteiger partial charge >= 0.3 is 5.97 Å². The molecule has 0 atom stereocenters. The smallest absolute Gasteiger partial charge is 0.348 e. The summed E-state index contributed by atoms with van der Waals surface area (Å²) in [6.07, 6.45) is 3.01. The average Bonchev–Trinajstić information content (AvgIpc) is 3.18. The summed E-state index contributed by atoms with van der Waals surface area (Å²) in [5, 5.41) is 3.71. The Hall–Kier alpha value is -3.58. The van der Waals surface area contributed by atoms with Gasteiger partial charge in [0.15, 0.2) is 5.82 Å². The molecule has 4 rings (SSSR count). The molecule has 2 aromatic carbocycles. The molecule has 0 aliphatic rings. The maximum absolute atomic E-state index is 12.5.